The van der Waals surface area contributed by atoms with E-state index in [4.69, 9.17) is 9.47 Å². The fourth-order valence-corrected chi connectivity index (χ4v) is 3.93. The predicted molar refractivity (Wildman–Crippen MR) is 81.9 cm³/mol. The molecular formula is C17H24N2O2. The first-order valence-electron chi connectivity index (χ1n) is 8.18. The molecule has 3 unspecified atom stereocenters. The number of ether oxygens (including phenoxy) is 2. The maximum atomic E-state index is 5.72. The van der Waals surface area contributed by atoms with Crippen LogP contribution in [-0.2, 0) is 0 Å². The molecular weight excluding hydrogens is 264 g/mol. The van der Waals surface area contributed by atoms with Gasteiger partial charge in [0.25, 0.3) is 0 Å². The molecule has 0 amide bonds. The fraction of sp³-hybridized carbons (Fsp3) is 0.647. The van der Waals surface area contributed by atoms with Gasteiger partial charge in [-0.2, -0.15) is 0 Å². The van der Waals surface area contributed by atoms with E-state index in [9.17, 15) is 0 Å². The lowest BCUT2D eigenvalue weighted by molar-refractivity contribution is 0.170. The van der Waals surface area contributed by atoms with E-state index in [1.165, 1.54) is 38.0 Å². The highest BCUT2D eigenvalue weighted by atomic mass is 16.6. The fourth-order valence-electron chi connectivity index (χ4n) is 3.93. The third-order valence-corrected chi connectivity index (χ3v) is 5.22. The molecule has 3 aliphatic heterocycles. The summed E-state index contributed by atoms with van der Waals surface area (Å²) >= 11 is 0. The Kier molecular flexibility index (Phi) is 3.51. The van der Waals surface area contributed by atoms with Gasteiger partial charge in [-0.1, -0.05) is 6.07 Å². The standard InChI is InChI=1S/C17H24N2O2/c1-12(19-10-14-3-2-6-18-15(14)11-19)13-4-5-16-17(9-13)21-8-7-20-16/h4-5,9,12,14-15,18H,2-3,6-8,10-11H2,1H3. The summed E-state index contributed by atoms with van der Waals surface area (Å²) in [6.07, 6.45) is 2.70. The first-order chi connectivity index (χ1) is 10.3. The Bertz CT molecular complexity index is 506. The molecule has 1 aromatic carbocycles. The van der Waals surface area contributed by atoms with Gasteiger partial charge in [0, 0.05) is 25.2 Å². The summed E-state index contributed by atoms with van der Waals surface area (Å²) in [4.78, 5) is 2.61. The second-order valence-electron chi connectivity index (χ2n) is 6.50. The monoisotopic (exact) mass is 288 g/mol. The van der Waals surface area contributed by atoms with Crippen molar-refractivity contribution in [3.63, 3.8) is 0 Å². The maximum absolute atomic E-state index is 5.72. The van der Waals surface area contributed by atoms with E-state index >= 15 is 0 Å². The van der Waals surface area contributed by atoms with Gasteiger partial charge in [-0.15, -0.1) is 0 Å². The zero-order valence-electron chi connectivity index (χ0n) is 12.7. The highest BCUT2D eigenvalue weighted by Gasteiger charge is 2.36. The lowest BCUT2D eigenvalue weighted by Gasteiger charge is -2.26. The first kappa shape index (κ1) is 13.4. The highest BCUT2D eigenvalue weighted by molar-refractivity contribution is 5.44. The second-order valence-corrected chi connectivity index (χ2v) is 6.50. The lowest BCUT2D eigenvalue weighted by Crippen LogP contribution is -2.40. The molecule has 0 spiro atoms. The van der Waals surface area contributed by atoms with Crippen LogP contribution in [0.3, 0.4) is 0 Å². The van der Waals surface area contributed by atoms with Crippen LogP contribution in [0.2, 0.25) is 0 Å². The molecule has 4 rings (SSSR count). The predicted octanol–water partition coefficient (Wildman–Crippen LogP) is 2.20. The number of hydrogen-bond acceptors (Lipinski definition) is 4. The van der Waals surface area contributed by atoms with Crippen molar-refractivity contribution in [2.24, 2.45) is 5.92 Å². The largest absolute Gasteiger partial charge is 0.486 e. The van der Waals surface area contributed by atoms with E-state index in [0.717, 1.165) is 17.4 Å². The van der Waals surface area contributed by atoms with Crippen LogP contribution < -0.4 is 14.8 Å². The van der Waals surface area contributed by atoms with Gasteiger partial charge in [0.1, 0.15) is 13.2 Å². The van der Waals surface area contributed by atoms with Crippen molar-refractivity contribution in [1.29, 1.82) is 0 Å². The average Bonchev–Trinajstić information content (AvgIpc) is 2.97. The number of nitrogens with zero attached hydrogens (tertiary/aromatic N) is 1. The van der Waals surface area contributed by atoms with Crippen LogP contribution in [0.15, 0.2) is 18.2 Å². The van der Waals surface area contributed by atoms with Crippen molar-refractivity contribution < 1.29 is 9.47 Å². The lowest BCUT2D eigenvalue weighted by atomic mass is 9.94. The van der Waals surface area contributed by atoms with Crippen molar-refractivity contribution in [3.8, 4) is 11.5 Å². The van der Waals surface area contributed by atoms with Crippen molar-refractivity contribution in [2.75, 3.05) is 32.8 Å². The number of hydrogen-bond donors (Lipinski definition) is 1. The first-order valence-corrected chi connectivity index (χ1v) is 8.18. The Morgan fingerprint density at radius 3 is 2.90 bits per heavy atom. The third-order valence-electron chi connectivity index (χ3n) is 5.22. The molecule has 1 N–H and O–H groups in total. The summed E-state index contributed by atoms with van der Waals surface area (Å²) in [5.74, 6) is 2.62. The van der Waals surface area contributed by atoms with Crippen molar-refractivity contribution in [1.82, 2.24) is 10.2 Å². The van der Waals surface area contributed by atoms with Crippen molar-refractivity contribution in [2.45, 2.75) is 31.8 Å². The summed E-state index contributed by atoms with van der Waals surface area (Å²) in [6.45, 7) is 7.19. The van der Waals surface area contributed by atoms with Gasteiger partial charge in [0.2, 0.25) is 0 Å². The Labute approximate surface area is 126 Å². The van der Waals surface area contributed by atoms with Gasteiger partial charge in [-0.3, -0.25) is 4.90 Å². The minimum atomic E-state index is 0.438. The van der Waals surface area contributed by atoms with E-state index in [1.54, 1.807) is 0 Å². The zero-order chi connectivity index (χ0) is 14.2. The number of likely N-dealkylation sites (tertiary alicyclic amines) is 1. The highest BCUT2D eigenvalue weighted by Crippen LogP contribution is 2.36. The van der Waals surface area contributed by atoms with Gasteiger partial charge >= 0.3 is 0 Å². The van der Waals surface area contributed by atoms with Gasteiger partial charge in [-0.25, -0.2) is 0 Å². The van der Waals surface area contributed by atoms with Crippen molar-refractivity contribution >= 4 is 0 Å². The van der Waals surface area contributed by atoms with Gasteiger partial charge in [0.15, 0.2) is 11.5 Å². The van der Waals surface area contributed by atoms with Crippen LogP contribution in [-0.4, -0.2) is 43.8 Å². The summed E-state index contributed by atoms with van der Waals surface area (Å²) in [6, 6.07) is 7.54. The third kappa shape index (κ3) is 2.51. The summed E-state index contributed by atoms with van der Waals surface area (Å²) < 4.78 is 11.3. The number of piperidine rings is 1. The van der Waals surface area contributed by atoms with Crippen LogP contribution in [0.5, 0.6) is 11.5 Å². The summed E-state index contributed by atoms with van der Waals surface area (Å²) in [5.41, 5.74) is 1.33. The second kappa shape index (κ2) is 5.50. The van der Waals surface area contributed by atoms with Crippen molar-refractivity contribution in [3.05, 3.63) is 23.8 Å². The van der Waals surface area contributed by atoms with E-state index < -0.39 is 0 Å². The SMILES string of the molecule is CC(c1ccc2c(c1)OCCO2)N1CC2CCCNC2C1. The van der Waals surface area contributed by atoms with Crippen LogP contribution in [0, 0.1) is 5.92 Å². The normalized spacial score (nSPS) is 30.0. The molecule has 0 saturated carbocycles. The molecule has 3 heterocycles. The molecule has 2 saturated heterocycles. The Balaban J connectivity index is 1.51. The molecule has 3 aliphatic rings. The van der Waals surface area contributed by atoms with Crippen LogP contribution >= 0.6 is 0 Å². The minimum absolute atomic E-state index is 0.438. The minimum Gasteiger partial charge on any atom is -0.486 e. The van der Waals surface area contributed by atoms with Crippen LogP contribution in [0.1, 0.15) is 31.4 Å². The van der Waals surface area contributed by atoms with Gasteiger partial charge in [-0.05, 0) is 49.9 Å². The Morgan fingerprint density at radius 1 is 1.19 bits per heavy atom. The molecule has 2 fully saturated rings. The van der Waals surface area contributed by atoms with E-state index in [0.29, 0.717) is 25.3 Å². The molecule has 3 atom stereocenters. The molecule has 0 aliphatic carbocycles. The summed E-state index contributed by atoms with van der Waals surface area (Å²) in [5, 5.41) is 3.68. The van der Waals surface area contributed by atoms with Gasteiger partial charge < -0.3 is 14.8 Å². The quantitative estimate of drug-likeness (QED) is 0.904. The molecule has 114 valence electrons. The number of fused-ring (bicyclic) bond motifs is 2. The topological polar surface area (TPSA) is 33.7 Å². The molecule has 1 aromatic rings. The molecule has 4 heteroatoms. The van der Waals surface area contributed by atoms with E-state index in [-0.39, 0.29) is 0 Å². The maximum Gasteiger partial charge on any atom is 0.161 e. The zero-order valence-corrected chi connectivity index (χ0v) is 12.7. The Morgan fingerprint density at radius 2 is 2.05 bits per heavy atom. The van der Waals surface area contributed by atoms with E-state index in [1.807, 2.05) is 0 Å². The summed E-state index contributed by atoms with van der Waals surface area (Å²) in [7, 11) is 0. The molecule has 0 bridgehead atoms. The molecule has 0 radical (unpaired) electrons. The number of rotatable bonds is 2. The number of benzene rings is 1. The smallest absolute Gasteiger partial charge is 0.161 e. The Hall–Kier alpha value is -1.26. The molecule has 0 aromatic heterocycles. The van der Waals surface area contributed by atoms with E-state index in [2.05, 4.69) is 35.3 Å². The van der Waals surface area contributed by atoms with Crippen LogP contribution in [0.25, 0.3) is 0 Å². The average molecular weight is 288 g/mol. The van der Waals surface area contributed by atoms with Crippen LogP contribution in [0.4, 0.5) is 0 Å². The number of nitrogens with one attached hydrogen (secondary N) is 1. The molecule has 21 heavy (non-hydrogen) atoms. The van der Waals surface area contributed by atoms with Gasteiger partial charge in [0.05, 0.1) is 0 Å². The molecule has 4 nitrogen and oxygen atoms in total.